The Bertz CT molecular complexity index is 469. The molecule has 5 nitrogen and oxygen atoms in total. The van der Waals surface area contributed by atoms with Crippen molar-refractivity contribution in [2.45, 2.75) is 19.5 Å². The summed E-state index contributed by atoms with van der Waals surface area (Å²) in [7, 11) is 1.70. The van der Waals surface area contributed by atoms with Crippen molar-refractivity contribution in [3.63, 3.8) is 0 Å². The smallest absolute Gasteiger partial charge is 0.0964 e. The summed E-state index contributed by atoms with van der Waals surface area (Å²) in [6.07, 6.45) is 2.96. The van der Waals surface area contributed by atoms with Crippen LogP contribution in [0.3, 0.4) is 0 Å². The molecule has 1 heterocycles. The Morgan fingerprint density at radius 1 is 1.26 bits per heavy atom. The highest BCUT2D eigenvalue weighted by atomic mass is 16.5. The van der Waals surface area contributed by atoms with Crippen LogP contribution in [0.25, 0.3) is 0 Å². The number of rotatable bonds is 8. The second kappa shape index (κ2) is 7.66. The molecule has 1 aromatic heterocycles. The average Bonchev–Trinajstić information content (AvgIpc) is 2.91. The molecule has 0 aliphatic heterocycles. The molecule has 0 amide bonds. The first-order valence-electron chi connectivity index (χ1n) is 6.51. The van der Waals surface area contributed by atoms with E-state index >= 15 is 0 Å². The first kappa shape index (κ1) is 13.7. The van der Waals surface area contributed by atoms with Gasteiger partial charge in [-0.2, -0.15) is 0 Å². The number of nitrogens with zero attached hydrogens (tertiary/aromatic N) is 3. The molecule has 5 heteroatoms. The highest BCUT2D eigenvalue weighted by Gasteiger charge is 2.00. The summed E-state index contributed by atoms with van der Waals surface area (Å²) in [4.78, 5) is 0. The summed E-state index contributed by atoms with van der Waals surface area (Å²) in [5, 5.41) is 11.5. The maximum absolute atomic E-state index is 4.97. The number of aryl methyl sites for hydroxylation is 2. The largest absolute Gasteiger partial charge is 0.383 e. The number of methoxy groups -OCH3 is 1. The van der Waals surface area contributed by atoms with Crippen LogP contribution in [0, 0.1) is 0 Å². The number of benzene rings is 1. The lowest BCUT2D eigenvalue weighted by Gasteiger charge is -2.01. The van der Waals surface area contributed by atoms with Gasteiger partial charge in [0, 0.05) is 32.9 Å². The first-order chi connectivity index (χ1) is 9.38. The fourth-order valence-corrected chi connectivity index (χ4v) is 1.81. The molecule has 0 aliphatic rings. The van der Waals surface area contributed by atoms with Crippen LogP contribution in [-0.4, -0.2) is 35.3 Å². The van der Waals surface area contributed by atoms with E-state index in [0.717, 1.165) is 31.7 Å². The van der Waals surface area contributed by atoms with Crippen molar-refractivity contribution < 1.29 is 4.74 Å². The maximum atomic E-state index is 4.97. The van der Waals surface area contributed by atoms with E-state index in [1.807, 2.05) is 16.9 Å². The Kier molecular flexibility index (Phi) is 5.52. The Morgan fingerprint density at radius 2 is 2.11 bits per heavy atom. The molecule has 102 valence electrons. The Balaban J connectivity index is 1.74. The summed E-state index contributed by atoms with van der Waals surface area (Å²) in [5.41, 5.74) is 2.28. The van der Waals surface area contributed by atoms with Crippen molar-refractivity contribution in [2.75, 3.05) is 20.3 Å². The van der Waals surface area contributed by atoms with E-state index in [2.05, 4.69) is 39.9 Å². The Labute approximate surface area is 113 Å². The Hall–Kier alpha value is -1.72. The van der Waals surface area contributed by atoms with Crippen LogP contribution in [0.1, 0.15) is 11.3 Å². The van der Waals surface area contributed by atoms with Gasteiger partial charge in [-0.3, -0.25) is 4.68 Å². The molecule has 2 rings (SSSR count). The zero-order valence-electron chi connectivity index (χ0n) is 11.2. The zero-order chi connectivity index (χ0) is 13.3. The molecule has 0 saturated heterocycles. The molecule has 1 aromatic carbocycles. The van der Waals surface area contributed by atoms with Gasteiger partial charge in [-0.05, 0) is 12.0 Å². The van der Waals surface area contributed by atoms with Gasteiger partial charge in [0.1, 0.15) is 0 Å². The van der Waals surface area contributed by atoms with Gasteiger partial charge in [0.25, 0.3) is 0 Å². The van der Waals surface area contributed by atoms with Crippen LogP contribution < -0.4 is 5.32 Å². The molecule has 0 spiro atoms. The number of nitrogens with one attached hydrogen (secondary N) is 1. The van der Waals surface area contributed by atoms with Crippen LogP contribution >= 0.6 is 0 Å². The third-order valence-electron chi connectivity index (χ3n) is 2.85. The van der Waals surface area contributed by atoms with E-state index in [1.165, 1.54) is 5.56 Å². The lowest BCUT2D eigenvalue weighted by Crippen LogP contribution is -2.18. The van der Waals surface area contributed by atoms with Crippen molar-refractivity contribution in [1.82, 2.24) is 20.3 Å². The van der Waals surface area contributed by atoms with Crippen LogP contribution in [0.5, 0.6) is 0 Å². The van der Waals surface area contributed by atoms with Crippen molar-refractivity contribution in [3.8, 4) is 0 Å². The molecular formula is C14H20N4O. The monoisotopic (exact) mass is 260 g/mol. The average molecular weight is 260 g/mol. The van der Waals surface area contributed by atoms with Gasteiger partial charge in [-0.25, -0.2) is 0 Å². The maximum Gasteiger partial charge on any atom is 0.0964 e. The first-order valence-corrected chi connectivity index (χ1v) is 6.51. The number of aromatic nitrogens is 3. The van der Waals surface area contributed by atoms with Gasteiger partial charge < -0.3 is 10.1 Å². The highest BCUT2D eigenvalue weighted by molar-refractivity contribution is 5.14. The van der Waals surface area contributed by atoms with Crippen LogP contribution in [0.2, 0.25) is 0 Å². The summed E-state index contributed by atoms with van der Waals surface area (Å²) in [6.45, 7) is 3.12. The van der Waals surface area contributed by atoms with Crippen molar-refractivity contribution in [3.05, 3.63) is 47.8 Å². The standard InChI is InChI=1S/C14H20N4O/c1-19-10-8-15-11-14-12-18(17-16-14)9-7-13-5-3-2-4-6-13/h2-6,12,15H,7-11H2,1H3. The zero-order valence-corrected chi connectivity index (χ0v) is 11.2. The molecule has 1 N–H and O–H groups in total. The van der Waals surface area contributed by atoms with Crippen molar-refractivity contribution >= 4 is 0 Å². The van der Waals surface area contributed by atoms with E-state index in [4.69, 9.17) is 4.74 Å². The molecule has 0 fully saturated rings. The highest BCUT2D eigenvalue weighted by Crippen LogP contribution is 2.01. The third-order valence-corrected chi connectivity index (χ3v) is 2.85. The van der Waals surface area contributed by atoms with E-state index in [1.54, 1.807) is 7.11 Å². The van der Waals surface area contributed by atoms with E-state index in [0.29, 0.717) is 6.61 Å². The second-order valence-electron chi connectivity index (χ2n) is 4.38. The minimum absolute atomic E-state index is 0.710. The quantitative estimate of drug-likeness (QED) is 0.726. The normalized spacial score (nSPS) is 10.8. The molecular weight excluding hydrogens is 240 g/mol. The molecule has 0 saturated carbocycles. The molecule has 0 radical (unpaired) electrons. The number of ether oxygens (including phenoxy) is 1. The lowest BCUT2D eigenvalue weighted by molar-refractivity contribution is 0.199. The van der Waals surface area contributed by atoms with Crippen molar-refractivity contribution in [1.29, 1.82) is 0 Å². The topological polar surface area (TPSA) is 52.0 Å². The second-order valence-corrected chi connectivity index (χ2v) is 4.38. The fourth-order valence-electron chi connectivity index (χ4n) is 1.81. The Morgan fingerprint density at radius 3 is 2.89 bits per heavy atom. The van der Waals surface area contributed by atoms with Gasteiger partial charge in [0.2, 0.25) is 0 Å². The molecule has 0 aliphatic carbocycles. The predicted octanol–water partition coefficient (Wildman–Crippen LogP) is 1.26. The molecule has 2 aromatic rings. The summed E-state index contributed by atoms with van der Waals surface area (Å²) >= 11 is 0. The van der Waals surface area contributed by atoms with Crippen LogP contribution in [0.4, 0.5) is 0 Å². The molecule has 0 atom stereocenters. The van der Waals surface area contributed by atoms with Gasteiger partial charge in [0.15, 0.2) is 0 Å². The SMILES string of the molecule is COCCNCc1cn(CCc2ccccc2)nn1. The van der Waals surface area contributed by atoms with E-state index < -0.39 is 0 Å². The molecule has 19 heavy (non-hydrogen) atoms. The molecule has 0 unspecified atom stereocenters. The predicted molar refractivity (Wildman–Crippen MR) is 73.8 cm³/mol. The van der Waals surface area contributed by atoms with Gasteiger partial charge in [0.05, 0.1) is 12.3 Å². The lowest BCUT2D eigenvalue weighted by atomic mass is 10.1. The minimum atomic E-state index is 0.710. The fraction of sp³-hybridized carbons (Fsp3) is 0.429. The van der Waals surface area contributed by atoms with Crippen LogP contribution in [0.15, 0.2) is 36.5 Å². The summed E-state index contributed by atoms with van der Waals surface area (Å²) in [6, 6.07) is 10.4. The number of hydrogen-bond donors (Lipinski definition) is 1. The van der Waals surface area contributed by atoms with Gasteiger partial charge >= 0.3 is 0 Å². The van der Waals surface area contributed by atoms with Crippen LogP contribution in [-0.2, 0) is 24.2 Å². The van der Waals surface area contributed by atoms with Gasteiger partial charge in [-0.15, -0.1) is 5.10 Å². The van der Waals surface area contributed by atoms with Gasteiger partial charge in [-0.1, -0.05) is 35.5 Å². The summed E-state index contributed by atoms with van der Waals surface area (Å²) in [5.74, 6) is 0. The van der Waals surface area contributed by atoms with E-state index in [9.17, 15) is 0 Å². The minimum Gasteiger partial charge on any atom is -0.383 e. The summed E-state index contributed by atoms with van der Waals surface area (Å²) < 4.78 is 6.86. The van der Waals surface area contributed by atoms with Crippen molar-refractivity contribution in [2.24, 2.45) is 0 Å². The molecule has 0 bridgehead atoms. The van der Waals surface area contributed by atoms with E-state index in [-0.39, 0.29) is 0 Å². The third kappa shape index (κ3) is 4.81. The number of hydrogen-bond acceptors (Lipinski definition) is 4.